The third-order valence-electron chi connectivity index (χ3n) is 2.26. The van der Waals surface area contributed by atoms with E-state index in [-0.39, 0.29) is 5.56 Å². The number of hydrogen-bond donors (Lipinski definition) is 1. The Morgan fingerprint density at radius 2 is 1.75 bits per heavy atom. The molecule has 5 heteroatoms. The predicted octanol–water partition coefficient (Wildman–Crippen LogP) is 2.75. The molecular formula is C11H8F3NO. The topological polar surface area (TPSA) is 39.2 Å². The molecule has 0 bridgehead atoms. The summed E-state index contributed by atoms with van der Waals surface area (Å²) in [6, 6.07) is 1.67. The van der Waals surface area contributed by atoms with Gasteiger partial charge in [-0.05, 0) is 6.07 Å². The van der Waals surface area contributed by atoms with Gasteiger partial charge in [0.05, 0.1) is 18.6 Å². The molecule has 0 aliphatic carbocycles. The van der Waals surface area contributed by atoms with Gasteiger partial charge in [-0.2, -0.15) is 0 Å². The number of nitrogens with two attached hydrogens (primary N) is 1. The van der Waals surface area contributed by atoms with E-state index < -0.39 is 23.5 Å². The van der Waals surface area contributed by atoms with Crippen LogP contribution >= 0.6 is 0 Å². The fourth-order valence-electron chi connectivity index (χ4n) is 1.47. The van der Waals surface area contributed by atoms with Crippen LogP contribution in [0.25, 0.3) is 0 Å². The van der Waals surface area contributed by atoms with Gasteiger partial charge in [-0.25, -0.2) is 13.2 Å². The standard InChI is InChI=1S/C11H8F3NO/c12-7-3-8(13)10(9(14)4-7)11(15)6-1-2-16-5-6/h1-5,11H,15H2. The molecule has 16 heavy (non-hydrogen) atoms. The molecule has 0 saturated heterocycles. The lowest BCUT2D eigenvalue weighted by molar-refractivity contribution is 0.512. The molecule has 1 aromatic carbocycles. The summed E-state index contributed by atoms with van der Waals surface area (Å²) in [6.45, 7) is 0. The van der Waals surface area contributed by atoms with Gasteiger partial charge in [-0.3, -0.25) is 0 Å². The van der Waals surface area contributed by atoms with E-state index in [2.05, 4.69) is 0 Å². The Labute approximate surface area is 89.5 Å². The van der Waals surface area contributed by atoms with Crippen LogP contribution in [0.1, 0.15) is 17.2 Å². The average Bonchev–Trinajstić information content (AvgIpc) is 2.67. The minimum Gasteiger partial charge on any atom is -0.472 e. The number of furan rings is 1. The number of halogens is 3. The van der Waals surface area contributed by atoms with E-state index in [0.29, 0.717) is 17.7 Å². The second-order valence-corrected chi connectivity index (χ2v) is 3.32. The summed E-state index contributed by atoms with van der Waals surface area (Å²) >= 11 is 0. The summed E-state index contributed by atoms with van der Waals surface area (Å²) in [5.74, 6) is -2.99. The van der Waals surface area contributed by atoms with E-state index in [9.17, 15) is 13.2 Å². The van der Waals surface area contributed by atoms with Crippen molar-refractivity contribution in [1.82, 2.24) is 0 Å². The molecule has 1 aromatic heterocycles. The highest BCUT2D eigenvalue weighted by molar-refractivity contribution is 5.31. The van der Waals surface area contributed by atoms with Crippen molar-refractivity contribution >= 4 is 0 Å². The van der Waals surface area contributed by atoms with Crippen molar-refractivity contribution in [2.45, 2.75) is 6.04 Å². The summed E-state index contributed by atoms with van der Waals surface area (Å²) < 4.78 is 44.2. The number of benzene rings is 1. The first-order valence-corrected chi connectivity index (χ1v) is 4.51. The van der Waals surface area contributed by atoms with Gasteiger partial charge in [-0.1, -0.05) is 0 Å². The van der Waals surface area contributed by atoms with Crippen LogP contribution < -0.4 is 5.73 Å². The first-order chi connectivity index (χ1) is 7.59. The molecule has 2 N–H and O–H groups in total. The summed E-state index contributed by atoms with van der Waals surface area (Å²) in [6.07, 6.45) is 2.63. The summed E-state index contributed by atoms with van der Waals surface area (Å²) in [5, 5.41) is 0. The predicted molar refractivity (Wildman–Crippen MR) is 51.1 cm³/mol. The van der Waals surface area contributed by atoms with Crippen molar-refractivity contribution in [2.75, 3.05) is 0 Å². The van der Waals surface area contributed by atoms with E-state index in [1.54, 1.807) is 0 Å². The van der Waals surface area contributed by atoms with Crippen molar-refractivity contribution in [3.05, 3.63) is 59.3 Å². The van der Waals surface area contributed by atoms with E-state index in [1.807, 2.05) is 0 Å². The lowest BCUT2D eigenvalue weighted by Gasteiger charge is -2.12. The first-order valence-electron chi connectivity index (χ1n) is 4.51. The Morgan fingerprint density at radius 3 is 2.25 bits per heavy atom. The maximum atomic E-state index is 13.4. The first kappa shape index (κ1) is 10.8. The SMILES string of the molecule is NC(c1ccoc1)c1c(F)cc(F)cc1F. The minimum atomic E-state index is -1.01. The lowest BCUT2D eigenvalue weighted by atomic mass is 10.0. The van der Waals surface area contributed by atoms with E-state index >= 15 is 0 Å². The Hall–Kier alpha value is -1.75. The van der Waals surface area contributed by atoms with Crippen LogP contribution in [-0.4, -0.2) is 0 Å². The molecule has 0 saturated carbocycles. The van der Waals surface area contributed by atoms with Crippen molar-refractivity contribution in [3.8, 4) is 0 Å². The molecule has 2 aromatic rings. The third kappa shape index (κ3) is 1.81. The second-order valence-electron chi connectivity index (χ2n) is 3.32. The molecule has 1 atom stereocenters. The van der Waals surface area contributed by atoms with Gasteiger partial charge in [0, 0.05) is 23.3 Å². The van der Waals surface area contributed by atoms with Crippen LogP contribution in [0.3, 0.4) is 0 Å². The van der Waals surface area contributed by atoms with Crippen LogP contribution in [0, 0.1) is 17.5 Å². The zero-order valence-corrected chi connectivity index (χ0v) is 8.08. The van der Waals surface area contributed by atoms with Crippen molar-refractivity contribution in [1.29, 1.82) is 0 Å². The Morgan fingerprint density at radius 1 is 1.12 bits per heavy atom. The third-order valence-corrected chi connectivity index (χ3v) is 2.26. The minimum absolute atomic E-state index is 0.372. The van der Waals surface area contributed by atoms with Gasteiger partial charge in [0.15, 0.2) is 0 Å². The van der Waals surface area contributed by atoms with Crippen LogP contribution in [0.5, 0.6) is 0 Å². The van der Waals surface area contributed by atoms with Crippen molar-refractivity contribution in [3.63, 3.8) is 0 Å². The monoisotopic (exact) mass is 227 g/mol. The molecule has 0 amide bonds. The Bertz CT molecular complexity index is 473. The van der Waals surface area contributed by atoms with Gasteiger partial charge in [-0.15, -0.1) is 0 Å². The van der Waals surface area contributed by atoms with Gasteiger partial charge >= 0.3 is 0 Å². The molecule has 0 radical (unpaired) electrons. The molecule has 0 fully saturated rings. The second kappa shape index (κ2) is 4.02. The molecule has 2 rings (SSSR count). The number of rotatable bonds is 2. The van der Waals surface area contributed by atoms with Crippen LogP contribution in [-0.2, 0) is 0 Å². The fraction of sp³-hybridized carbons (Fsp3) is 0.0909. The maximum Gasteiger partial charge on any atom is 0.134 e. The van der Waals surface area contributed by atoms with Gasteiger partial charge in [0.2, 0.25) is 0 Å². The highest BCUT2D eigenvalue weighted by Crippen LogP contribution is 2.25. The molecule has 0 spiro atoms. The van der Waals surface area contributed by atoms with Gasteiger partial charge in [0.25, 0.3) is 0 Å². The summed E-state index contributed by atoms with van der Waals surface area (Å²) in [4.78, 5) is 0. The Balaban J connectivity index is 2.48. The van der Waals surface area contributed by atoms with Crippen LogP contribution in [0.15, 0.2) is 35.1 Å². The van der Waals surface area contributed by atoms with Crippen LogP contribution in [0.4, 0.5) is 13.2 Å². The fourth-order valence-corrected chi connectivity index (χ4v) is 1.47. The summed E-state index contributed by atoms with van der Waals surface area (Å²) in [7, 11) is 0. The van der Waals surface area contributed by atoms with E-state index in [4.69, 9.17) is 10.2 Å². The highest BCUT2D eigenvalue weighted by Gasteiger charge is 2.20. The van der Waals surface area contributed by atoms with Crippen LogP contribution in [0.2, 0.25) is 0 Å². The Kier molecular flexibility index (Phi) is 2.70. The largest absolute Gasteiger partial charge is 0.472 e. The molecule has 0 aliphatic heterocycles. The average molecular weight is 227 g/mol. The number of hydrogen-bond acceptors (Lipinski definition) is 2. The normalized spacial score (nSPS) is 12.8. The molecule has 0 aliphatic rings. The zero-order chi connectivity index (χ0) is 11.7. The van der Waals surface area contributed by atoms with Crippen molar-refractivity contribution < 1.29 is 17.6 Å². The highest BCUT2D eigenvalue weighted by atomic mass is 19.1. The molecular weight excluding hydrogens is 219 g/mol. The quantitative estimate of drug-likeness (QED) is 0.856. The van der Waals surface area contributed by atoms with Gasteiger partial charge in [0.1, 0.15) is 17.5 Å². The lowest BCUT2D eigenvalue weighted by Crippen LogP contribution is -2.15. The zero-order valence-electron chi connectivity index (χ0n) is 8.08. The van der Waals surface area contributed by atoms with E-state index in [1.165, 1.54) is 18.6 Å². The van der Waals surface area contributed by atoms with Crippen molar-refractivity contribution in [2.24, 2.45) is 5.73 Å². The van der Waals surface area contributed by atoms with Gasteiger partial charge < -0.3 is 10.2 Å². The molecule has 2 nitrogen and oxygen atoms in total. The smallest absolute Gasteiger partial charge is 0.134 e. The molecule has 1 heterocycles. The van der Waals surface area contributed by atoms with E-state index in [0.717, 1.165) is 0 Å². The molecule has 1 unspecified atom stereocenters. The summed E-state index contributed by atoms with van der Waals surface area (Å²) in [5.41, 5.74) is 5.70. The maximum absolute atomic E-state index is 13.4. The molecule has 84 valence electrons.